The highest BCUT2D eigenvalue weighted by Crippen LogP contribution is 2.27. The third-order valence-corrected chi connectivity index (χ3v) is 5.54. The van der Waals surface area contributed by atoms with Crippen LogP contribution in [0.15, 0.2) is 53.7 Å². The molecular weight excluding hydrogens is 334 g/mol. The number of carbonyl (C=O) groups excluding carboxylic acids is 1. The van der Waals surface area contributed by atoms with E-state index >= 15 is 0 Å². The third-order valence-electron chi connectivity index (χ3n) is 4.46. The minimum atomic E-state index is -0.723. The van der Waals surface area contributed by atoms with Crippen LogP contribution < -0.4 is 10.6 Å². The molecule has 0 spiro atoms. The number of amides is 1. The minimum absolute atomic E-state index is 0.0627. The first kappa shape index (κ1) is 17.9. The molecule has 2 N–H and O–H groups in total. The van der Waals surface area contributed by atoms with Crippen LogP contribution in [-0.2, 0) is 15.3 Å². The summed E-state index contributed by atoms with van der Waals surface area (Å²) in [5.41, 5.74) is 1.27. The first-order chi connectivity index (χ1) is 12.2. The summed E-state index contributed by atoms with van der Waals surface area (Å²) in [6, 6.07) is 11.9. The number of hydrogen-bond donors (Lipinski definition) is 2. The van der Waals surface area contributed by atoms with Gasteiger partial charge in [0.2, 0.25) is 0 Å². The fraction of sp³-hybridized carbons (Fsp3) is 0.368. The Morgan fingerprint density at radius 3 is 2.68 bits per heavy atom. The molecule has 1 aromatic heterocycles. The Hall–Kier alpha value is -1.89. The van der Waals surface area contributed by atoms with Gasteiger partial charge in [0, 0.05) is 35.8 Å². The summed E-state index contributed by atoms with van der Waals surface area (Å²) >= 11 is 1.75. The van der Waals surface area contributed by atoms with E-state index in [-0.39, 0.29) is 5.91 Å². The first-order valence-corrected chi connectivity index (χ1v) is 9.39. The molecule has 3 rings (SSSR count). The van der Waals surface area contributed by atoms with Gasteiger partial charge < -0.3 is 15.4 Å². The molecule has 0 bridgehead atoms. The van der Waals surface area contributed by atoms with Crippen molar-refractivity contribution >= 4 is 23.4 Å². The highest BCUT2D eigenvalue weighted by Gasteiger charge is 2.39. The van der Waals surface area contributed by atoms with Crippen molar-refractivity contribution < 1.29 is 9.53 Å². The monoisotopic (exact) mass is 357 g/mol. The number of anilines is 1. The van der Waals surface area contributed by atoms with Crippen LogP contribution in [0.1, 0.15) is 18.4 Å². The van der Waals surface area contributed by atoms with Crippen LogP contribution in [0.5, 0.6) is 0 Å². The number of thioether (sulfide) groups is 1. The van der Waals surface area contributed by atoms with Gasteiger partial charge in [0.25, 0.3) is 5.91 Å². The maximum Gasteiger partial charge on any atom is 0.256 e. The molecule has 1 aromatic carbocycles. The van der Waals surface area contributed by atoms with E-state index < -0.39 is 5.60 Å². The van der Waals surface area contributed by atoms with Crippen LogP contribution in [0.2, 0.25) is 0 Å². The molecule has 2 aromatic rings. The Balaban J connectivity index is 1.57. The SMILES string of the molecule is COC1(C(=O)Nc2ccc(SCc3cccnc3)cc2)CCNCC1. The lowest BCUT2D eigenvalue weighted by atomic mass is 9.91. The molecule has 0 saturated carbocycles. The highest BCUT2D eigenvalue weighted by molar-refractivity contribution is 7.98. The fourth-order valence-electron chi connectivity index (χ4n) is 2.88. The number of carbonyl (C=O) groups is 1. The van der Waals surface area contributed by atoms with E-state index in [0.29, 0.717) is 12.8 Å². The van der Waals surface area contributed by atoms with Crippen molar-refractivity contribution in [3.8, 4) is 0 Å². The second-order valence-corrected chi connectivity index (χ2v) is 7.13. The van der Waals surface area contributed by atoms with E-state index in [1.165, 1.54) is 5.56 Å². The van der Waals surface area contributed by atoms with Gasteiger partial charge in [-0.2, -0.15) is 0 Å². The van der Waals surface area contributed by atoms with E-state index in [2.05, 4.69) is 21.7 Å². The number of rotatable bonds is 6. The van der Waals surface area contributed by atoms with Crippen molar-refractivity contribution in [3.63, 3.8) is 0 Å². The standard InChI is InChI=1S/C19H23N3O2S/c1-24-19(8-11-20-12-9-19)18(23)22-16-4-6-17(7-5-16)25-14-15-3-2-10-21-13-15/h2-7,10,13,20H,8-9,11-12,14H2,1H3,(H,22,23). The van der Waals surface area contributed by atoms with Crippen molar-refractivity contribution in [2.75, 3.05) is 25.5 Å². The predicted octanol–water partition coefficient (Wildman–Crippen LogP) is 3.08. The zero-order valence-electron chi connectivity index (χ0n) is 14.3. The van der Waals surface area contributed by atoms with Gasteiger partial charge in [-0.1, -0.05) is 6.07 Å². The number of hydrogen-bond acceptors (Lipinski definition) is 5. The summed E-state index contributed by atoms with van der Waals surface area (Å²) in [4.78, 5) is 17.9. The number of aromatic nitrogens is 1. The molecule has 0 atom stereocenters. The van der Waals surface area contributed by atoms with E-state index in [0.717, 1.165) is 29.4 Å². The molecule has 6 heteroatoms. The summed E-state index contributed by atoms with van der Waals surface area (Å²) in [5, 5.41) is 6.25. The highest BCUT2D eigenvalue weighted by atomic mass is 32.2. The average molecular weight is 357 g/mol. The van der Waals surface area contributed by atoms with Crippen LogP contribution in [0.3, 0.4) is 0 Å². The molecule has 5 nitrogen and oxygen atoms in total. The number of ether oxygens (including phenoxy) is 1. The van der Waals surface area contributed by atoms with E-state index in [4.69, 9.17) is 4.74 Å². The third kappa shape index (κ3) is 4.60. The van der Waals surface area contributed by atoms with Gasteiger partial charge in [0.05, 0.1) is 0 Å². The Bertz CT molecular complexity index is 686. The normalized spacial score (nSPS) is 16.4. The number of methoxy groups -OCH3 is 1. The van der Waals surface area contributed by atoms with Gasteiger partial charge in [-0.15, -0.1) is 11.8 Å². The number of piperidine rings is 1. The number of nitrogens with zero attached hydrogens (tertiary/aromatic N) is 1. The fourth-order valence-corrected chi connectivity index (χ4v) is 3.72. The minimum Gasteiger partial charge on any atom is -0.368 e. The molecule has 2 heterocycles. The Morgan fingerprint density at radius 1 is 1.28 bits per heavy atom. The Kier molecular flexibility index (Phi) is 6.07. The molecule has 1 aliphatic rings. The quantitative estimate of drug-likeness (QED) is 0.778. The second kappa shape index (κ2) is 8.47. The van der Waals surface area contributed by atoms with Crippen LogP contribution in [0.4, 0.5) is 5.69 Å². The summed E-state index contributed by atoms with van der Waals surface area (Å²) in [5.74, 6) is 0.812. The van der Waals surface area contributed by atoms with Gasteiger partial charge in [-0.3, -0.25) is 9.78 Å². The molecule has 1 fully saturated rings. The Morgan fingerprint density at radius 2 is 2.04 bits per heavy atom. The Labute approximate surface area is 152 Å². The smallest absolute Gasteiger partial charge is 0.256 e. The lowest BCUT2D eigenvalue weighted by molar-refractivity contribution is -0.140. The molecule has 0 unspecified atom stereocenters. The summed E-state index contributed by atoms with van der Waals surface area (Å²) in [7, 11) is 1.61. The molecule has 1 aliphatic heterocycles. The average Bonchev–Trinajstić information content (AvgIpc) is 2.68. The largest absolute Gasteiger partial charge is 0.368 e. The van der Waals surface area contributed by atoms with E-state index in [1.807, 2.05) is 36.5 Å². The lowest BCUT2D eigenvalue weighted by Gasteiger charge is -2.34. The predicted molar refractivity (Wildman–Crippen MR) is 101 cm³/mol. The van der Waals surface area contributed by atoms with Gasteiger partial charge in [-0.25, -0.2) is 0 Å². The van der Waals surface area contributed by atoms with Crippen molar-refractivity contribution in [1.82, 2.24) is 10.3 Å². The molecule has 1 saturated heterocycles. The maximum atomic E-state index is 12.6. The first-order valence-electron chi connectivity index (χ1n) is 8.41. The molecule has 1 amide bonds. The number of benzene rings is 1. The van der Waals surface area contributed by atoms with Crippen LogP contribution in [-0.4, -0.2) is 36.7 Å². The topological polar surface area (TPSA) is 63.2 Å². The van der Waals surface area contributed by atoms with Crippen LogP contribution in [0.25, 0.3) is 0 Å². The lowest BCUT2D eigenvalue weighted by Crippen LogP contribution is -2.51. The van der Waals surface area contributed by atoms with E-state index in [9.17, 15) is 4.79 Å². The second-order valence-electron chi connectivity index (χ2n) is 6.08. The van der Waals surface area contributed by atoms with Crippen LogP contribution in [0, 0.1) is 0 Å². The van der Waals surface area contributed by atoms with Crippen molar-refractivity contribution in [3.05, 3.63) is 54.4 Å². The van der Waals surface area contributed by atoms with Crippen LogP contribution >= 0.6 is 11.8 Å². The number of nitrogens with one attached hydrogen (secondary N) is 2. The van der Waals surface area contributed by atoms with Gasteiger partial charge in [0.15, 0.2) is 0 Å². The van der Waals surface area contributed by atoms with Crippen molar-refractivity contribution in [1.29, 1.82) is 0 Å². The zero-order chi connectivity index (χ0) is 17.5. The molecular formula is C19H23N3O2S. The van der Waals surface area contributed by atoms with Gasteiger partial charge >= 0.3 is 0 Å². The summed E-state index contributed by atoms with van der Waals surface area (Å²) in [6.07, 6.45) is 5.04. The maximum absolute atomic E-state index is 12.6. The van der Waals surface area contributed by atoms with Crippen molar-refractivity contribution in [2.24, 2.45) is 0 Å². The number of pyridine rings is 1. The van der Waals surface area contributed by atoms with E-state index in [1.54, 1.807) is 25.1 Å². The molecule has 0 aliphatic carbocycles. The zero-order valence-corrected chi connectivity index (χ0v) is 15.1. The molecule has 25 heavy (non-hydrogen) atoms. The van der Waals surface area contributed by atoms with Crippen molar-refractivity contribution in [2.45, 2.75) is 29.1 Å². The van der Waals surface area contributed by atoms with Gasteiger partial charge in [0.1, 0.15) is 5.60 Å². The summed E-state index contributed by atoms with van der Waals surface area (Å²) in [6.45, 7) is 1.59. The van der Waals surface area contributed by atoms with Gasteiger partial charge in [-0.05, 0) is 61.8 Å². The molecule has 0 radical (unpaired) electrons. The molecule has 132 valence electrons. The summed E-state index contributed by atoms with van der Waals surface area (Å²) < 4.78 is 5.56.